The van der Waals surface area contributed by atoms with Crippen molar-refractivity contribution in [3.8, 4) is 5.75 Å². The Balaban J connectivity index is 2.80. The normalized spacial score (nSPS) is 12.9. The van der Waals surface area contributed by atoms with E-state index in [1.165, 1.54) is 5.56 Å². The molecule has 124 valence electrons. The molecule has 0 aliphatic rings. The maximum atomic E-state index is 12.4. The molecule has 0 unspecified atom stereocenters. The fraction of sp³-hybridized carbons (Fsp3) is 0.632. The second-order valence-corrected chi connectivity index (χ2v) is 6.99. The van der Waals surface area contributed by atoms with Crippen molar-refractivity contribution >= 4 is 5.91 Å². The zero-order valence-electron chi connectivity index (χ0n) is 15.3. The molecule has 3 heteroatoms. The van der Waals surface area contributed by atoms with Crippen LogP contribution >= 0.6 is 0 Å². The molecule has 0 fully saturated rings. The summed E-state index contributed by atoms with van der Waals surface area (Å²) in [6.07, 6.45) is -0.500. The van der Waals surface area contributed by atoms with Gasteiger partial charge in [0.1, 0.15) is 5.75 Å². The second kappa shape index (κ2) is 7.66. The first-order chi connectivity index (χ1) is 10.1. The van der Waals surface area contributed by atoms with Crippen LogP contribution in [0.5, 0.6) is 5.75 Å². The third-order valence-corrected chi connectivity index (χ3v) is 4.18. The highest BCUT2D eigenvalue weighted by Gasteiger charge is 2.24. The van der Waals surface area contributed by atoms with E-state index in [1.807, 2.05) is 26.8 Å². The van der Waals surface area contributed by atoms with Crippen LogP contribution in [0.25, 0.3) is 0 Å². The number of nitrogens with one attached hydrogen (secondary N) is 1. The molecule has 1 atom stereocenters. The summed E-state index contributed by atoms with van der Waals surface area (Å²) < 4.78 is 5.92. The fourth-order valence-electron chi connectivity index (χ4n) is 2.75. The van der Waals surface area contributed by atoms with Gasteiger partial charge in [-0.05, 0) is 62.3 Å². The first kappa shape index (κ1) is 18.5. The summed E-state index contributed by atoms with van der Waals surface area (Å²) in [5.41, 5.74) is 3.42. The van der Waals surface area contributed by atoms with E-state index in [9.17, 15) is 4.79 Å². The third kappa shape index (κ3) is 4.75. The lowest BCUT2D eigenvalue weighted by Gasteiger charge is -2.28. The molecule has 3 nitrogen and oxygen atoms in total. The van der Waals surface area contributed by atoms with Gasteiger partial charge in [-0.25, -0.2) is 0 Å². The summed E-state index contributed by atoms with van der Waals surface area (Å²) in [5.74, 6) is 1.55. The van der Waals surface area contributed by atoms with Gasteiger partial charge in [0, 0.05) is 6.04 Å². The molecule has 22 heavy (non-hydrogen) atoms. The molecule has 0 bridgehead atoms. The molecule has 0 radical (unpaired) electrons. The van der Waals surface area contributed by atoms with E-state index in [2.05, 4.69) is 46.0 Å². The van der Waals surface area contributed by atoms with Crippen LogP contribution in [0.15, 0.2) is 12.1 Å². The van der Waals surface area contributed by atoms with Crippen LogP contribution < -0.4 is 10.1 Å². The van der Waals surface area contributed by atoms with Gasteiger partial charge in [-0.1, -0.05) is 33.8 Å². The summed E-state index contributed by atoms with van der Waals surface area (Å²) in [4.78, 5) is 12.4. The van der Waals surface area contributed by atoms with Crippen molar-refractivity contribution < 1.29 is 9.53 Å². The summed E-state index contributed by atoms with van der Waals surface area (Å²) >= 11 is 0. The predicted molar refractivity (Wildman–Crippen MR) is 92.3 cm³/mol. The molecule has 0 heterocycles. The minimum atomic E-state index is -0.500. The standard InChI is InChI=1S/C19H31NO2/c1-11(2)18(12(3)4)20-19(21)16(8)22-17-10-13(5)9-14(6)15(17)7/h9-12,16,18H,1-8H3,(H,20,21)/t16-/m0/s1. The molecule has 0 saturated carbocycles. The van der Waals surface area contributed by atoms with Crippen LogP contribution in [-0.2, 0) is 4.79 Å². The molecule has 1 amide bonds. The van der Waals surface area contributed by atoms with Crippen molar-refractivity contribution in [2.45, 2.75) is 67.5 Å². The molecule has 1 aromatic rings. The zero-order valence-corrected chi connectivity index (χ0v) is 15.3. The van der Waals surface area contributed by atoms with Crippen LogP contribution in [0.1, 0.15) is 51.3 Å². The third-order valence-electron chi connectivity index (χ3n) is 4.18. The largest absolute Gasteiger partial charge is 0.481 e. The lowest BCUT2D eigenvalue weighted by molar-refractivity contribution is -0.128. The number of carbonyl (C=O) groups excluding carboxylic acids is 1. The van der Waals surface area contributed by atoms with Crippen LogP contribution in [-0.4, -0.2) is 18.1 Å². The summed E-state index contributed by atoms with van der Waals surface area (Å²) in [7, 11) is 0. The van der Waals surface area contributed by atoms with Crippen LogP contribution in [0.4, 0.5) is 0 Å². The fourth-order valence-corrected chi connectivity index (χ4v) is 2.75. The second-order valence-electron chi connectivity index (χ2n) is 6.99. The van der Waals surface area contributed by atoms with Gasteiger partial charge >= 0.3 is 0 Å². The van der Waals surface area contributed by atoms with Gasteiger partial charge in [0.05, 0.1) is 0 Å². The van der Waals surface area contributed by atoms with Crippen LogP contribution in [0, 0.1) is 32.6 Å². The van der Waals surface area contributed by atoms with Crippen LogP contribution in [0.2, 0.25) is 0 Å². The molecule has 0 aliphatic heterocycles. The van der Waals surface area contributed by atoms with Gasteiger partial charge in [0.15, 0.2) is 6.10 Å². The molecule has 0 spiro atoms. The maximum Gasteiger partial charge on any atom is 0.261 e. The van der Waals surface area contributed by atoms with Crippen molar-refractivity contribution in [1.29, 1.82) is 0 Å². The number of amides is 1. The number of ether oxygens (including phenoxy) is 1. The van der Waals surface area contributed by atoms with Crippen molar-refractivity contribution in [1.82, 2.24) is 5.32 Å². The Morgan fingerprint density at radius 3 is 2.05 bits per heavy atom. The van der Waals surface area contributed by atoms with Crippen molar-refractivity contribution in [3.05, 3.63) is 28.8 Å². The number of carbonyl (C=O) groups is 1. The Morgan fingerprint density at radius 2 is 1.55 bits per heavy atom. The SMILES string of the molecule is Cc1cc(C)c(C)c(O[C@@H](C)C(=O)NC(C(C)C)C(C)C)c1. The van der Waals surface area contributed by atoms with E-state index in [0.717, 1.165) is 16.9 Å². The average molecular weight is 305 g/mol. The van der Waals surface area contributed by atoms with E-state index < -0.39 is 6.10 Å². The Hall–Kier alpha value is -1.51. The Labute approximate surface area is 135 Å². The summed E-state index contributed by atoms with van der Waals surface area (Å²) in [6.45, 7) is 16.5. The van der Waals surface area contributed by atoms with E-state index >= 15 is 0 Å². The van der Waals surface area contributed by atoms with Crippen molar-refractivity contribution in [2.24, 2.45) is 11.8 Å². The summed E-state index contributed by atoms with van der Waals surface area (Å²) in [6, 6.07) is 4.29. The maximum absolute atomic E-state index is 12.4. The number of hydrogen-bond acceptors (Lipinski definition) is 2. The van der Waals surface area contributed by atoms with Gasteiger partial charge < -0.3 is 10.1 Å². The molecule has 0 saturated heterocycles. The lowest BCUT2D eigenvalue weighted by Crippen LogP contribution is -2.47. The molecule has 1 N–H and O–H groups in total. The number of aryl methyl sites for hydroxylation is 2. The molecule has 1 aromatic carbocycles. The topological polar surface area (TPSA) is 38.3 Å². The van der Waals surface area contributed by atoms with Gasteiger partial charge in [-0.3, -0.25) is 4.79 Å². The van der Waals surface area contributed by atoms with E-state index in [4.69, 9.17) is 4.74 Å². The molecular weight excluding hydrogens is 274 g/mol. The highest BCUT2D eigenvalue weighted by Crippen LogP contribution is 2.24. The van der Waals surface area contributed by atoms with E-state index in [-0.39, 0.29) is 11.9 Å². The monoisotopic (exact) mass is 305 g/mol. The highest BCUT2D eigenvalue weighted by molar-refractivity contribution is 5.81. The first-order valence-electron chi connectivity index (χ1n) is 8.18. The minimum absolute atomic E-state index is 0.0500. The molecule has 0 aliphatic carbocycles. The van der Waals surface area contributed by atoms with Crippen molar-refractivity contribution in [2.75, 3.05) is 0 Å². The quantitative estimate of drug-likeness (QED) is 0.856. The van der Waals surface area contributed by atoms with E-state index in [0.29, 0.717) is 11.8 Å². The molecular formula is C19H31NO2. The van der Waals surface area contributed by atoms with Gasteiger partial charge in [0.2, 0.25) is 0 Å². The summed E-state index contributed by atoms with van der Waals surface area (Å²) in [5, 5.41) is 3.12. The highest BCUT2D eigenvalue weighted by atomic mass is 16.5. The smallest absolute Gasteiger partial charge is 0.261 e. The zero-order chi connectivity index (χ0) is 17.0. The predicted octanol–water partition coefficient (Wildman–Crippen LogP) is 4.18. The Bertz CT molecular complexity index is 512. The van der Waals surface area contributed by atoms with Crippen LogP contribution in [0.3, 0.4) is 0 Å². The van der Waals surface area contributed by atoms with Crippen molar-refractivity contribution in [3.63, 3.8) is 0 Å². The number of benzene rings is 1. The van der Waals surface area contributed by atoms with E-state index in [1.54, 1.807) is 0 Å². The molecule has 1 rings (SSSR count). The Morgan fingerprint density at radius 1 is 1.00 bits per heavy atom. The van der Waals surface area contributed by atoms with Gasteiger partial charge in [-0.2, -0.15) is 0 Å². The lowest BCUT2D eigenvalue weighted by atomic mass is 9.93. The van der Waals surface area contributed by atoms with Gasteiger partial charge in [-0.15, -0.1) is 0 Å². The minimum Gasteiger partial charge on any atom is -0.481 e. The van der Waals surface area contributed by atoms with Gasteiger partial charge in [0.25, 0.3) is 5.91 Å². The Kier molecular flexibility index (Phi) is 6.46. The molecule has 0 aromatic heterocycles. The number of hydrogen-bond donors (Lipinski definition) is 1. The average Bonchev–Trinajstić information content (AvgIpc) is 2.40. The number of rotatable bonds is 6. The first-order valence-corrected chi connectivity index (χ1v) is 8.18.